The van der Waals surface area contributed by atoms with Crippen LogP contribution in [0.1, 0.15) is 30.9 Å². The number of rotatable bonds is 4. The highest BCUT2D eigenvalue weighted by molar-refractivity contribution is 7.92. The molecule has 6 nitrogen and oxygen atoms in total. The summed E-state index contributed by atoms with van der Waals surface area (Å²) in [6, 6.07) is 14.5. The fourth-order valence-corrected chi connectivity index (χ4v) is 3.96. The highest BCUT2D eigenvalue weighted by Crippen LogP contribution is 2.23. The standard InChI is InChI=1S/C20H19N3O3S/c1-13(2)18-11-15-10-16(6-9-19(15)23(3)20(18)24)22-27(25,26)17-7-4-14(12-21)5-8-17/h4-11,13,22H,1-3H3. The second-order valence-electron chi connectivity index (χ2n) is 6.63. The van der Waals surface area contributed by atoms with Gasteiger partial charge in [-0.1, -0.05) is 13.8 Å². The lowest BCUT2D eigenvalue weighted by molar-refractivity contribution is 0.601. The van der Waals surface area contributed by atoms with Crippen LogP contribution in [0.3, 0.4) is 0 Å². The van der Waals surface area contributed by atoms with Crippen molar-refractivity contribution in [3.8, 4) is 6.07 Å². The molecule has 1 heterocycles. The van der Waals surface area contributed by atoms with Crippen LogP contribution < -0.4 is 10.3 Å². The van der Waals surface area contributed by atoms with Crippen molar-refractivity contribution in [3.63, 3.8) is 0 Å². The summed E-state index contributed by atoms with van der Waals surface area (Å²) in [4.78, 5) is 12.5. The molecular weight excluding hydrogens is 362 g/mol. The van der Waals surface area contributed by atoms with Crippen LogP contribution in [0.15, 0.2) is 58.2 Å². The first kappa shape index (κ1) is 18.7. The van der Waals surface area contributed by atoms with Gasteiger partial charge in [0.2, 0.25) is 0 Å². The van der Waals surface area contributed by atoms with Gasteiger partial charge in [-0.05, 0) is 54.4 Å². The molecular formula is C20H19N3O3S. The first-order valence-corrected chi connectivity index (χ1v) is 9.88. The fourth-order valence-electron chi connectivity index (χ4n) is 2.91. The minimum atomic E-state index is -3.78. The summed E-state index contributed by atoms with van der Waals surface area (Å²) in [7, 11) is -2.07. The predicted octanol–water partition coefficient (Wildman–Crippen LogP) is 3.33. The number of nitriles is 1. The van der Waals surface area contributed by atoms with Crippen LogP contribution in [0.4, 0.5) is 5.69 Å². The maximum Gasteiger partial charge on any atom is 0.261 e. The average Bonchev–Trinajstić information content (AvgIpc) is 2.64. The molecule has 0 unspecified atom stereocenters. The van der Waals surface area contributed by atoms with Gasteiger partial charge in [0.1, 0.15) is 0 Å². The van der Waals surface area contributed by atoms with Gasteiger partial charge in [0.15, 0.2) is 0 Å². The van der Waals surface area contributed by atoms with Crippen LogP contribution in [0.5, 0.6) is 0 Å². The van der Waals surface area contributed by atoms with E-state index in [1.54, 1.807) is 29.8 Å². The molecule has 27 heavy (non-hydrogen) atoms. The van der Waals surface area contributed by atoms with Crippen molar-refractivity contribution in [2.75, 3.05) is 4.72 Å². The normalized spacial score (nSPS) is 11.5. The quantitative estimate of drug-likeness (QED) is 0.750. The van der Waals surface area contributed by atoms with Gasteiger partial charge in [-0.3, -0.25) is 9.52 Å². The molecule has 0 radical (unpaired) electrons. The Balaban J connectivity index is 2.03. The molecule has 0 saturated carbocycles. The summed E-state index contributed by atoms with van der Waals surface area (Å²) in [6.45, 7) is 3.89. The lowest BCUT2D eigenvalue weighted by Crippen LogP contribution is -2.22. The number of nitrogens with zero attached hydrogens (tertiary/aromatic N) is 2. The summed E-state index contributed by atoms with van der Waals surface area (Å²) >= 11 is 0. The number of hydrogen-bond acceptors (Lipinski definition) is 4. The Hall–Kier alpha value is -3.11. The van der Waals surface area contributed by atoms with Gasteiger partial charge in [-0.15, -0.1) is 0 Å². The minimum absolute atomic E-state index is 0.0524. The van der Waals surface area contributed by atoms with Gasteiger partial charge in [0.25, 0.3) is 15.6 Å². The molecule has 0 amide bonds. The Morgan fingerprint density at radius 1 is 1.07 bits per heavy atom. The first-order chi connectivity index (χ1) is 12.7. The Kier molecular flexibility index (Phi) is 4.77. The molecule has 1 N–H and O–H groups in total. The number of fused-ring (bicyclic) bond motifs is 1. The summed E-state index contributed by atoms with van der Waals surface area (Å²) in [5, 5.41) is 9.61. The van der Waals surface area contributed by atoms with Crippen molar-refractivity contribution >= 4 is 26.6 Å². The smallest absolute Gasteiger partial charge is 0.261 e. The molecule has 3 rings (SSSR count). The number of anilines is 1. The fraction of sp³-hybridized carbons (Fsp3) is 0.200. The van der Waals surface area contributed by atoms with E-state index in [9.17, 15) is 13.2 Å². The van der Waals surface area contributed by atoms with Crippen molar-refractivity contribution in [2.24, 2.45) is 7.05 Å². The first-order valence-electron chi connectivity index (χ1n) is 8.39. The van der Waals surface area contributed by atoms with Gasteiger partial charge in [0, 0.05) is 23.7 Å². The molecule has 0 aliphatic carbocycles. The summed E-state index contributed by atoms with van der Waals surface area (Å²) in [6.07, 6.45) is 0. The SMILES string of the molecule is CC(C)c1cc2cc(NS(=O)(=O)c3ccc(C#N)cc3)ccc2n(C)c1=O. The van der Waals surface area contributed by atoms with E-state index in [0.29, 0.717) is 16.8 Å². The van der Waals surface area contributed by atoms with Crippen molar-refractivity contribution in [3.05, 3.63) is 70.0 Å². The van der Waals surface area contributed by atoms with Crippen LogP contribution in [-0.4, -0.2) is 13.0 Å². The monoisotopic (exact) mass is 381 g/mol. The summed E-state index contributed by atoms with van der Waals surface area (Å²) in [5.74, 6) is 0.0621. The number of sulfonamides is 1. The molecule has 2 aromatic carbocycles. The molecule has 0 fully saturated rings. The molecule has 0 aliphatic heterocycles. The molecule has 0 bridgehead atoms. The van der Waals surface area contributed by atoms with Crippen LogP contribution in [0.2, 0.25) is 0 Å². The number of benzene rings is 2. The molecule has 0 atom stereocenters. The largest absolute Gasteiger partial charge is 0.311 e. The Labute approximate surface area is 157 Å². The van der Waals surface area contributed by atoms with E-state index < -0.39 is 10.0 Å². The van der Waals surface area contributed by atoms with Crippen molar-refractivity contribution in [2.45, 2.75) is 24.7 Å². The van der Waals surface area contributed by atoms with Crippen LogP contribution in [-0.2, 0) is 17.1 Å². The maximum absolute atomic E-state index is 12.6. The second-order valence-corrected chi connectivity index (χ2v) is 8.32. The Morgan fingerprint density at radius 2 is 1.74 bits per heavy atom. The molecule has 1 aromatic heterocycles. The van der Waals surface area contributed by atoms with E-state index >= 15 is 0 Å². The van der Waals surface area contributed by atoms with E-state index in [0.717, 1.165) is 10.9 Å². The molecule has 138 valence electrons. The number of pyridine rings is 1. The van der Waals surface area contributed by atoms with Gasteiger partial charge in [0.05, 0.1) is 22.0 Å². The number of aromatic nitrogens is 1. The minimum Gasteiger partial charge on any atom is -0.311 e. The predicted molar refractivity (Wildman–Crippen MR) is 105 cm³/mol. The highest BCUT2D eigenvalue weighted by Gasteiger charge is 2.15. The average molecular weight is 381 g/mol. The van der Waals surface area contributed by atoms with E-state index in [4.69, 9.17) is 5.26 Å². The Bertz CT molecular complexity index is 1220. The summed E-state index contributed by atoms with van der Waals surface area (Å²) in [5.41, 5.74) is 2.15. The zero-order chi connectivity index (χ0) is 19.8. The van der Waals surface area contributed by atoms with E-state index in [1.165, 1.54) is 24.3 Å². The zero-order valence-electron chi connectivity index (χ0n) is 15.2. The third-order valence-electron chi connectivity index (χ3n) is 4.42. The van der Waals surface area contributed by atoms with Crippen molar-refractivity contribution in [1.82, 2.24) is 4.57 Å². The summed E-state index contributed by atoms with van der Waals surface area (Å²) < 4.78 is 29.3. The number of nitrogens with one attached hydrogen (secondary N) is 1. The third kappa shape index (κ3) is 3.57. The van der Waals surface area contributed by atoms with E-state index in [2.05, 4.69) is 4.72 Å². The zero-order valence-corrected chi connectivity index (χ0v) is 16.0. The number of hydrogen-bond donors (Lipinski definition) is 1. The number of aryl methyl sites for hydroxylation is 1. The van der Waals surface area contributed by atoms with Gasteiger partial charge >= 0.3 is 0 Å². The highest BCUT2D eigenvalue weighted by atomic mass is 32.2. The molecule has 7 heteroatoms. The maximum atomic E-state index is 12.6. The molecule has 3 aromatic rings. The van der Waals surface area contributed by atoms with Crippen LogP contribution >= 0.6 is 0 Å². The lowest BCUT2D eigenvalue weighted by atomic mass is 10.0. The third-order valence-corrected chi connectivity index (χ3v) is 5.82. The van der Waals surface area contributed by atoms with Gasteiger partial charge in [-0.2, -0.15) is 5.26 Å². The van der Waals surface area contributed by atoms with Gasteiger partial charge < -0.3 is 4.57 Å². The Morgan fingerprint density at radius 3 is 2.33 bits per heavy atom. The molecule has 0 saturated heterocycles. The topological polar surface area (TPSA) is 92.0 Å². The van der Waals surface area contributed by atoms with Crippen molar-refractivity contribution in [1.29, 1.82) is 5.26 Å². The van der Waals surface area contributed by atoms with Crippen molar-refractivity contribution < 1.29 is 8.42 Å². The molecule has 0 spiro atoms. The lowest BCUT2D eigenvalue weighted by Gasteiger charge is -2.13. The van der Waals surface area contributed by atoms with E-state index in [-0.39, 0.29) is 16.4 Å². The van der Waals surface area contributed by atoms with Crippen LogP contribution in [0, 0.1) is 11.3 Å². The second kappa shape index (κ2) is 6.89. The van der Waals surface area contributed by atoms with Gasteiger partial charge in [-0.25, -0.2) is 8.42 Å². The van der Waals surface area contributed by atoms with Crippen LogP contribution in [0.25, 0.3) is 10.9 Å². The van der Waals surface area contributed by atoms with E-state index in [1.807, 2.05) is 26.0 Å². The molecule has 0 aliphatic rings.